The number of hydrogen-bond acceptors (Lipinski definition) is 1. The van der Waals surface area contributed by atoms with Crippen molar-refractivity contribution >= 4 is 10.8 Å². The van der Waals surface area contributed by atoms with Crippen LogP contribution in [-0.4, -0.2) is 12.7 Å². The van der Waals surface area contributed by atoms with Gasteiger partial charge in [0.05, 0.1) is 12.7 Å². The summed E-state index contributed by atoms with van der Waals surface area (Å²) in [5, 5.41) is 2.64. The Kier molecular flexibility index (Phi) is 1.78. The molecular formula is C13H12O. The molecule has 1 unspecified atom stereocenters. The minimum absolute atomic E-state index is 0.483. The molecule has 1 nitrogen and oxygen atoms in total. The molecule has 1 heteroatoms. The minimum Gasteiger partial charge on any atom is -0.373 e. The zero-order chi connectivity index (χ0) is 9.38. The predicted octanol–water partition coefficient (Wildman–Crippen LogP) is 2.78. The number of ether oxygens (including phenoxy) is 1. The summed E-state index contributed by atoms with van der Waals surface area (Å²) in [5.74, 6) is 0. The molecule has 70 valence electrons. The molecular weight excluding hydrogens is 172 g/mol. The summed E-state index contributed by atoms with van der Waals surface area (Å²) in [4.78, 5) is 0. The van der Waals surface area contributed by atoms with E-state index in [4.69, 9.17) is 4.74 Å². The molecule has 0 N–H and O–H groups in total. The van der Waals surface area contributed by atoms with Gasteiger partial charge in [0, 0.05) is 6.42 Å². The summed E-state index contributed by atoms with van der Waals surface area (Å²) in [7, 11) is 0. The number of fused-ring (bicyclic) bond motifs is 1. The van der Waals surface area contributed by atoms with Crippen LogP contribution in [0.2, 0.25) is 0 Å². The first kappa shape index (κ1) is 8.01. The van der Waals surface area contributed by atoms with Crippen LogP contribution in [0.3, 0.4) is 0 Å². The second kappa shape index (κ2) is 3.10. The van der Waals surface area contributed by atoms with E-state index in [2.05, 4.69) is 42.5 Å². The highest BCUT2D eigenvalue weighted by Gasteiger charge is 2.22. The van der Waals surface area contributed by atoms with Gasteiger partial charge in [0.2, 0.25) is 0 Å². The maximum atomic E-state index is 5.22. The Balaban J connectivity index is 2.01. The first-order valence-corrected chi connectivity index (χ1v) is 5.01. The SMILES string of the molecule is c1ccc2cc(CC3CO3)ccc2c1. The lowest BCUT2D eigenvalue weighted by molar-refractivity contribution is 0.407. The van der Waals surface area contributed by atoms with E-state index >= 15 is 0 Å². The van der Waals surface area contributed by atoms with Crippen molar-refractivity contribution in [3.63, 3.8) is 0 Å². The first-order valence-electron chi connectivity index (χ1n) is 5.01. The standard InChI is InChI=1S/C13H12O/c1-2-4-12-7-10(8-13-9-14-13)5-6-11(12)3-1/h1-7,13H,8-9H2. The van der Waals surface area contributed by atoms with E-state index in [1.165, 1.54) is 16.3 Å². The normalized spacial score (nSPS) is 19.9. The van der Waals surface area contributed by atoms with E-state index in [0.29, 0.717) is 6.10 Å². The molecule has 1 fully saturated rings. The summed E-state index contributed by atoms with van der Waals surface area (Å²) >= 11 is 0. The maximum Gasteiger partial charge on any atom is 0.0850 e. The fourth-order valence-electron chi connectivity index (χ4n) is 1.81. The Morgan fingerprint density at radius 3 is 2.64 bits per heavy atom. The van der Waals surface area contributed by atoms with Gasteiger partial charge in [-0.05, 0) is 16.3 Å². The van der Waals surface area contributed by atoms with Gasteiger partial charge in [0.25, 0.3) is 0 Å². The van der Waals surface area contributed by atoms with Gasteiger partial charge in [0.1, 0.15) is 0 Å². The van der Waals surface area contributed by atoms with Crippen molar-refractivity contribution in [2.75, 3.05) is 6.61 Å². The largest absolute Gasteiger partial charge is 0.373 e. The van der Waals surface area contributed by atoms with Crippen LogP contribution in [0.1, 0.15) is 5.56 Å². The minimum atomic E-state index is 0.483. The Labute approximate surface area is 83.3 Å². The molecule has 1 aliphatic heterocycles. The lowest BCUT2D eigenvalue weighted by Gasteiger charge is -2.01. The number of rotatable bonds is 2. The Hall–Kier alpha value is -1.34. The van der Waals surface area contributed by atoms with Crippen molar-refractivity contribution in [3.05, 3.63) is 48.0 Å². The van der Waals surface area contributed by atoms with Crippen molar-refractivity contribution < 1.29 is 4.74 Å². The zero-order valence-corrected chi connectivity index (χ0v) is 7.94. The van der Waals surface area contributed by atoms with Gasteiger partial charge in [-0.1, -0.05) is 42.5 Å². The Morgan fingerprint density at radius 1 is 1.07 bits per heavy atom. The molecule has 2 aromatic carbocycles. The van der Waals surface area contributed by atoms with Gasteiger partial charge < -0.3 is 4.74 Å². The van der Waals surface area contributed by atoms with Crippen molar-refractivity contribution in [2.45, 2.75) is 12.5 Å². The van der Waals surface area contributed by atoms with Crippen LogP contribution in [0.15, 0.2) is 42.5 Å². The molecule has 0 aliphatic carbocycles. The third-order valence-corrected chi connectivity index (χ3v) is 2.68. The quantitative estimate of drug-likeness (QED) is 0.654. The van der Waals surface area contributed by atoms with Crippen LogP contribution in [0.4, 0.5) is 0 Å². The average molecular weight is 184 g/mol. The van der Waals surface area contributed by atoms with E-state index < -0.39 is 0 Å². The van der Waals surface area contributed by atoms with Gasteiger partial charge >= 0.3 is 0 Å². The molecule has 0 radical (unpaired) electrons. The summed E-state index contributed by atoms with van der Waals surface area (Å²) < 4.78 is 5.22. The van der Waals surface area contributed by atoms with Crippen molar-refractivity contribution in [1.82, 2.24) is 0 Å². The van der Waals surface area contributed by atoms with Crippen LogP contribution >= 0.6 is 0 Å². The Bertz CT molecular complexity index is 457. The van der Waals surface area contributed by atoms with Gasteiger partial charge in [0.15, 0.2) is 0 Å². The van der Waals surface area contributed by atoms with E-state index in [0.717, 1.165) is 13.0 Å². The average Bonchev–Trinajstić information content (AvgIpc) is 3.02. The number of epoxide rings is 1. The Morgan fingerprint density at radius 2 is 1.86 bits per heavy atom. The molecule has 0 spiro atoms. The number of benzene rings is 2. The molecule has 1 atom stereocenters. The summed E-state index contributed by atoms with van der Waals surface area (Å²) in [6.07, 6.45) is 1.54. The molecule has 2 aromatic rings. The lowest BCUT2D eigenvalue weighted by atomic mass is 10.0. The van der Waals surface area contributed by atoms with Gasteiger partial charge in [-0.25, -0.2) is 0 Å². The van der Waals surface area contributed by atoms with Crippen LogP contribution in [0.25, 0.3) is 10.8 Å². The lowest BCUT2D eigenvalue weighted by Crippen LogP contribution is -1.92. The monoisotopic (exact) mass is 184 g/mol. The fraction of sp³-hybridized carbons (Fsp3) is 0.231. The molecule has 14 heavy (non-hydrogen) atoms. The van der Waals surface area contributed by atoms with Gasteiger partial charge in [-0.15, -0.1) is 0 Å². The number of hydrogen-bond donors (Lipinski definition) is 0. The predicted molar refractivity (Wildman–Crippen MR) is 57.4 cm³/mol. The second-order valence-corrected chi connectivity index (χ2v) is 3.84. The highest BCUT2D eigenvalue weighted by atomic mass is 16.6. The summed E-state index contributed by atoms with van der Waals surface area (Å²) in [6, 6.07) is 15.1. The van der Waals surface area contributed by atoms with Gasteiger partial charge in [-0.3, -0.25) is 0 Å². The van der Waals surface area contributed by atoms with Gasteiger partial charge in [-0.2, -0.15) is 0 Å². The summed E-state index contributed by atoms with van der Waals surface area (Å²) in [5.41, 5.74) is 1.38. The van der Waals surface area contributed by atoms with Crippen molar-refractivity contribution in [2.24, 2.45) is 0 Å². The fourth-order valence-corrected chi connectivity index (χ4v) is 1.81. The first-order chi connectivity index (χ1) is 6.92. The molecule has 0 bridgehead atoms. The topological polar surface area (TPSA) is 12.5 Å². The molecule has 0 saturated carbocycles. The molecule has 0 aromatic heterocycles. The zero-order valence-electron chi connectivity index (χ0n) is 7.94. The maximum absolute atomic E-state index is 5.22. The van der Waals surface area contributed by atoms with E-state index in [-0.39, 0.29) is 0 Å². The van der Waals surface area contributed by atoms with Crippen LogP contribution in [0.5, 0.6) is 0 Å². The van der Waals surface area contributed by atoms with E-state index in [9.17, 15) is 0 Å². The van der Waals surface area contributed by atoms with Crippen LogP contribution < -0.4 is 0 Å². The van der Waals surface area contributed by atoms with E-state index in [1.807, 2.05) is 0 Å². The van der Waals surface area contributed by atoms with Crippen molar-refractivity contribution in [3.8, 4) is 0 Å². The third-order valence-electron chi connectivity index (χ3n) is 2.68. The van der Waals surface area contributed by atoms with Crippen LogP contribution in [-0.2, 0) is 11.2 Å². The molecule has 0 amide bonds. The third kappa shape index (κ3) is 1.51. The van der Waals surface area contributed by atoms with E-state index in [1.54, 1.807) is 0 Å². The smallest absolute Gasteiger partial charge is 0.0850 e. The highest BCUT2D eigenvalue weighted by molar-refractivity contribution is 5.82. The molecule has 1 heterocycles. The molecule has 1 saturated heterocycles. The highest BCUT2D eigenvalue weighted by Crippen LogP contribution is 2.20. The second-order valence-electron chi connectivity index (χ2n) is 3.84. The molecule has 1 aliphatic rings. The van der Waals surface area contributed by atoms with Crippen LogP contribution in [0, 0.1) is 0 Å². The van der Waals surface area contributed by atoms with Crippen molar-refractivity contribution in [1.29, 1.82) is 0 Å². The summed E-state index contributed by atoms with van der Waals surface area (Å²) in [6.45, 7) is 0.937. The molecule has 3 rings (SSSR count).